The highest BCUT2D eigenvalue weighted by molar-refractivity contribution is 6.05. The number of carbonyl (C=O) groups excluding carboxylic acids is 1. The van der Waals surface area contributed by atoms with E-state index in [1.807, 2.05) is 0 Å². The third kappa shape index (κ3) is 2.41. The Bertz CT molecular complexity index is 566. The summed E-state index contributed by atoms with van der Waals surface area (Å²) in [4.78, 5) is 11.7. The summed E-state index contributed by atoms with van der Waals surface area (Å²) < 4.78 is 17.5. The number of nitrogens with one attached hydrogen (secondary N) is 1. The van der Waals surface area contributed by atoms with E-state index < -0.39 is 17.5 Å². The number of benzene rings is 1. The normalized spacial score (nSPS) is 10.2. The van der Waals surface area contributed by atoms with E-state index in [1.54, 1.807) is 6.92 Å². The molecule has 1 aromatic heterocycles. The van der Waals surface area contributed by atoms with Crippen molar-refractivity contribution in [2.24, 2.45) is 0 Å². The molecule has 0 spiro atoms. The van der Waals surface area contributed by atoms with Gasteiger partial charge in [0.2, 0.25) is 5.88 Å². The number of phenolic OH excluding ortho intramolecular Hbond substituents is 1. The topological polar surface area (TPSA) is 75.4 Å². The van der Waals surface area contributed by atoms with Crippen molar-refractivity contribution in [2.75, 3.05) is 5.32 Å². The van der Waals surface area contributed by atoms with Crippen LogP contribution in [0.1, 0.15) is 16.1 Å². The average molecular weight is 236 g/mol. The summed E-state index contributed by atoms with van der Waals surface area (Å²) in [7, 11) is 0. The van der Waals surface area contributed by atoms with Crippen LogP contribution in [0.4, 0.5) is 10.3 Å². The van der Waals surface area contributed by atoms with E-state index in [-0.39, 0.29) is 11.4 Å². The van der Waals surface area contributed by atoms with Crippen LogP contribution in [0.25, 0.3) is 0 Å². The minimum atomic E-state index is -0.616. The van der Waals surface area contributed by atoms with Crippen molar-refractivity contribution in [1.82, 2.24) is 5.16 Å². The van der Waals surface area contributed by atoms with Crippen LogP contribution >= 0.6 is 0 Å². The summed E-state index contributed by atoms with van der Waals surface area (Å²) in [6.45, 7) is 1.70. The van der Waals surface area contributed by atoms with Gasteiger partial charge in [-0.1, -0.05) is 5.16 Å². The Hall–Kier alpha value is -2.37. The number of amides is 1. The predicted octanol–water partition coefficient (Wildman–Crippen LogP) is 2.08. The van der Waals surface area contributed by atoms with Crippen molar-refractivity contribution in [3.8, 4) is 5.75 Å². The van der Waals surface area contributed by atoms with E-state index >= 15 is 0 Å². The summed E-state index contributed by atoms with van der Waals surface area (Å²) in [5.74, 6) is -1.48. The second kappa shape index (κ2) is 4.25. The second-order valence-corrected chi connectivity index (χ2v) is 3.45. The van der Waals surface area contributed by atoms with Gasteiger partial charge in [0.15, 0.2) is 0 Å². The summed E-state index contributed by atoms with van der Waals surface area (Å²) in [6, 6.07) is 4.66. The molecule has 1 amide bonds. The van der Waals surface area contributed by atoms with Gasteiger partial charge in [-0.15, -0.1) is 0 Å². The van der Waals surface area contributed by atoms with Crippen LogP contribution in [0.5, 0.6) is 5.75 Å². The van der Waals surface area contributed by atoms with Crippen molar-refractivity contribution in [3.05, 3.63) is 41.3 Å². The van der Waals surface area contributed by atoms with Gasteiger partial charge < -0.3 is 9.63 Å². The average Bonchev–Trinajstić information content (AvgIpc) is 2.63. The van der Waals surface area contributed by atoms with Gasteiger partial charge in [0.25, 0.3) is 5.91 Å². The zero-order chi connectivity index (χ0) is 12.4. The Balaban J connectivity index is 2.20. The van der Waals surface area contributed by atoms with Crippen LogP contribution in [0.3, 0.4) is 0 Å². The van der Waals surface area contributed by atoms with E-state index in [9.17, 15) is 14.3 Å². The number of hydrogen-bond donors (Lipinski definition) is 2. The van der Waals surface area contributed by atoms with E-state index in [2.05, 4.69) is 10.5 Å². The number of aromatic hydroxyl groups is 1. The predicted molar refractivity (Wildman–Crippen MR) is 57.3 cm³/mol. The quantitative estimate of drug-likeness (QED) is 0.837. The molecule has 0 atom stereocenters. The third-order valence-electron chi connectivity index (χ3n) is 2.07. The van der Waals surface area contributed by atoms with Crippen LogP contribution in [-0.4, -0.2) is 16.2 Å². The molecule has 0 unspecified atom stereocenters. The monoisotopic (exact) mass is 236 g/mol. The Labute approximate surface area is 95.9 Å². The fraction of sp³-hybridized carbons (Fsp3) is 0.0909. The second-order valence-electron chi connectivity index (χ2n) is 3.45. The molecule has 0 radical (unpaired) electrons. The fourth-order valence-corrected chi connectivity index (χ4v) is 1.30. The molecule has 1 aromatic carbocycles. The number of aryl methyl sites for hydroxylation is 1. The minimum absolute atomic E-state index is 0.0412. The molecule has 2 rings (SSSR count). The number of aromatic nitrogens is 1. The maximum Gasteiger partial charge on any atom is 0.261 e. The van der Waals surface area contributed by atoms with E-state index in [4.69, 9.17) is 4.52 Å². The van der Waals surface area contributed by atoms with Crippen molar-refractivity contribution in [3.63, 3.8) is 0 Å². The molecule has 88 valence electrons. The van der Waals surface area contributed by atoms with Gasteiger partial charge in [-0.2, -0.15) is 0 Å². The lowest BCUT2D eigenvalue weighted by Crippen LogP contribution is -2.11. The van der Waals surface area contributed by atoms with Gasteiger partial charge in [0, 0.05) is 12.1 Å². The maximum atomic E-state index is 12.7. The van der Waals surface area contributed by atoms with Gasteiger partial charge in [-0.05, 0) is 19.1 Å². The molecule has 2 N–H and O–H groups in total. The highest BCUT2D eigenvalue weighted by atomic mass is 19.1. The molecule has 17 heavy (non-hydrogen) atoms. The van der Waals surface area contributed by atoms with E-state index in [0.29, 0.717) is 5.69 Å². The van der Waals surface area contributed by atoms with Gasteiger partial charge in [-0.25, -0.2) is 4.39 Å². The molecule has 0 saturated carbocycles. The van der Waals surface area contributed by atoms with Gasteiger partial charge in [-0.3, -0.25) is 10.1 Å². The Morgan fingerprint density at radius 1 is 1.47 bits per heavy atom. The fourth-order valence-electron chi connectivity index (χ4n) is 1.30. The van der Waals surface area contributed by atoms with Crippen molar-refractivity contribution >= 4 is 11.8 Å². The molecular weight excluding hydrogens is 227 g/mol. The van der Waals surface area contributed by atoms with Gasteiger partial charge in [0.1, 0.15) is 11.6 Å². The first-order chi connectivity index (χ1) is 8.06. The number of anilines is 1. The first-order valence-corrected chi connectivity index (χ1v) is 4.79. The van der Waals surface area contributed by atoms with Gasteiger partial charge >= 0.3 is 0 Å². The molecule has 5 nitrogen and oxygen atoms in total. The van der Waals surface area contributed by atoms with Crippen LogP contribution < -0.4 is 5.32 Å². The summed E-state index contributed by atoms with van der Waals surface area (Å²) in [5.41, 5.74) is 0.573. The SMILES string of the molecule is Cc1cc(NC(=O)c2ccc(F)cc2O)on1. The number of hydrogen-bond acceptors (Lipinski definition) is 4. The largest absolute Gasteiger partial charge is 0.507 e. The van der Waals surface area contributed by atoms with Crippen LogP contribution in [-0.2, 0) is 0 Å². The maximum absolute atomic E-state index is 12.7. The number of halogens is 1. The third-order valence-corrected chi connectivity index (χ3v) is 2.07. The Morgan fingerprint density at radius 2 is 2.24 bits per heavy atom. The van der Waals surface area contributed by atoms with Crippen molar-refractivity contribution in [2.45, 2.75) is 6.92 Å². The summed E-state index contributed by atoms with van der Waals surface area (Å²) >= 11 is 0. The van der Waals surface area contributed by atoms with E-state index in [0.717, 1.165) is 12.1 Å². The minimum Gasteiger partial charge on any atom is -0.507 e. The molecule has 0 bridgehead atoms. The Kier molecular flexibility index (Phi) is 2.78. The van der Waals surface area contributed by atoms with Crippen molar-refractivity contribution in [1.29, 1.82) is 0 Å². The highest BCUT2D eigenvalue weighted by Gasteiger charge is 2.13. The van der Waals surface area contributed by atoms with Crippen LogP contribution in [0, 0.1) is 12.7 Å². The Morgan fingerprint density at radius 3 is 2.82 bits per heavy atom. The van der Waals surface area contributed by atoms with Crippen molar-refractivity contribution < 1.29 is 18.8 Å². The number of carbonyl (C=O) groups is 1. The molecule has 0 fully saturated rings. The highest BCUT2D eigenvalue weighted by Crippen LogP contribution is 2.19. The lowest BCUT2D eigenvalue weighted by atomic mass is 10.2. The smallest absolute Gasteiger partial charge is 0.261 e. The van der Waals surface area contributed by atoms with E-state index in [1.165, 1.54) is 12.1 Å². The first kappa shape index (κ1) is 11.1. The number of phenols is 1. The molecule has 0 aliphatic rings. The zero-order valence-electron chi connectivity index (χ0n) is 8.90. The molecule has 0 saturated heterocycles. The standard InChI is InChI=1S/C11H9FN2O3/c1-6-4-10(17-14-6)13-11(16)8-3-2-7(12)5-9(8)15/h2-5,15H,1H3,(H,13,16). The molecular formula is C11H9FN2O3. The molecule has 6 heteroatoms. The summed E-state index contributed by atoms with van der Waals surface area (Å²) in [5, 5.41) is 15.4. The molecule has 2 aromatic rings. The number of nitrogens with zero attached hydrogens (tertiary/aromatic N) is 1. The molecule has 1 heterocycles. The van der Waals surface area contributed by atoms with Crippen LogP contribution in [0.2, 0.25) is 0 Å². The number of rotatable bonds is 2. The van der Waals surface area contributed by atoms with Gasteiger partial charge in [0.05, 0.1) is 11.3 Å². The summed E-state index contributed by atoms with van der Waals surface area (Å²) in [6.07, 6.45) is 0. The molecule has 0 aliphatic heterocycles. The first-order valence-electron chi connectivity index (χ1n) is 4.79. The lowest BCUT2D eigenvalue weighted by molar-refractivity contribution is 0.102. The molecule has 0 aliphatic carbocycles. The zero-order valence-corrected chi connectivity index (χ0v) is 8.90. The lowest BCUT2D eigenvalue weighted by Gasteiger charge is -2.03. The van der Waals surface area contributed by atoms with Crippen LogP contribution in [0.15, 0.2) is 28.8 Å².